The first kappa shape index (κ1) is 17.2. The van der Waals surface area contributed by atoms with Gasteiger partial charge in [0.25, 0.3) is 0 Å². The summed E-state index contributed by atoms with van der Waals surface area (Å²) in [6.45, 7) is 0. The van der Waals surface area contributed by atoms with Gasteiger partial charge in [-0.2, -0.15) is 5.26 Å². The Kier molecular flexibility index (Phi) is 5.63. The third kappa shape index (κ3) is 3.96. The molecule has 24 heavy (non-hydrogen) atoms. The van der Waals surface area contributed by atoms with Crippen LogP contribution in [0.2, 0.25) is 0 Å². The van der Waals surface area contributed by atoms with E-state index in [9.17, 15) is 4.79 Å². The third-order valence-corrected chi connectivity index (χ3v) is 3.35. The molecule has 0 fully saturated rings. The molecule has 0 radical (unpaired) electrons. The molecule has 0 unspecified atom stereocenters. The molecule has 124 valence electrons. The van der Waals surface area contributed by atoms with Crippen molar-refractivity contribution in [2.24, 2.45) is 0 Å². The van der Waals surface area contributed by atoms with Gasteiger partial charge in [0.2, 0.25) is 0 Å². The number of hydrogen-bond donors (Lipinski definition) is 0. The van der Waals surface area contributed by atoms with Crippen molar-refractivity contribution in [2.45, 2.75) is 6.42 Å². The zero-order chi connectivity index (χ0) is 17.5. The average molecular weight is 327 g/mol. The fourth-order valence-electron chi connectivity index (χ4n) is 2.13. The molecule has 0 spiro atoms. The third-order valence-electron chi connectivity index (χ3n) is 3.35. The van der Waals surface area contributed by atoms with Crippen molar-refractivity contribution in [2.75, 3.05) is 21.3 Å². The zero-order valence-corrected chi connectivity index (χ0v) is 13.7. The van der Waals surface area contributed by atoms with Crippen molar-refractivity contribution in [1.29, 1.82) is 5.26 Å². The summed E-state index contributed by atoms with van der Waals surface area (Å²) in [6.07, 6.45) is 0.0241. The summed E-state index contributed by atoms with van der Waals surface area (Å²) < 4.78 is 20.9. The van der Waals surface area contributed by atoms with Gasteiger partial charge in [-0.25, -0.2) is 0 Å². The van der Waals surface area contributed by atoms with Gasteiger partial charge >= 0.3 is 5.97 Å². The number of nitriles is 1. The predicted octanol–water partition coefficient (Wildman–Crippen LogP) is 2.73. The Morgan fingerprint density at radius 1 is 0.958 bits per heavy atom. The van der Waals surface area contributed by atoms with E-state index in [4.69, 9.17) is 24.2 Å². The molecular formula is C18H17NO5. The van der Waals surface area contributed by atoms with Gasteiger partial charge in [-0.3, -0.25) is 4.79 Å². The van der Waals surface area contributed by atoms with Crippen LogP contribution >= 0.6 is 0 Å². The Bertz CT molecular complexity index is 779. The van der Waals surface area contributed by atoms with E-state index < -0.39 is 5.97 Å². The van der Waals surface area contributed by atoms with E-state index in [0.29, 0.717) is 28.4 Å². The Balaban J connectivity index is 2.16. The highest BCUT2D eigenvalue weighted by molar-refractivity contribution is 5.77. The second-order valence-corrected chi connectivity index (χ2v) is 4.81. The number of nitrogens with zero attached hydrogens (tertiary/aromatic N) is 1. The van der Waals surface area contributed by atoms with Crippen molar-refractivity contribution in [1.82, 2.24) is 0 Å². The van der Waals surface area contributed by atoms with Crippen molar-refractivity contribution in [3.05, 3.63) is 47.5 Å². The Hall–Kier alpha value is -3.20. The molecule has 2 aromatic rings. The highest BCUT2D eigenvalue weighted by Gasteiger charge is 2.14. The van der Waals surface area contributed by atoms with Crippen LogP contribution in [0.15, 0.2) is 36.4 Å². The van der Waals surface area contributed by atoms with Gasteiger partial charge in [-0.15, -0.1) is 0 Å². The second kappa shape index (κ2) is 7.88. The molecule has 0 aliphatic rings. The van der Waals surface area contributed by atoms with Gasteiger partial charge in [0, 0.05) is 17.7 Å². The number of benzene rings is 2. The maximum absolute atomic E-state index is 12.2. The largest absolute Gasteiger partial charge is 0.497 e. The highest BCUT2D eigenvalue weighted by Crippen LogP contribution is 2.29. The van der Waals surface area contributed by atoms with Crippen LogP contribution in [0.5, 0.6) is 23.0 Å². The SMILES string of the molecule is COc1ccc(CC(=O)Oc2ccc(C#N)cc2OC)c(OC)c1. The Morgan fingerprint density at radius 2 is 1.71 bits per heavy atom. The van der Waals surface area contributed by atoms with Crippen LogP contribution in [0.1, 0.15) is 11.1 Å². The minimum atomic E-state index is -0.471. The van der Waals surface area contributed by atoms with Crippen LogP contribution in [0.25, 0.3) is 0 Å². The molecule has 0 atom stereocenters. The fraction of sp³-hybridized carbons (Fsp3) is 0.222. The van der Waals surface area contributed by atoms with Gasteiger partial charge in [0.1, 0.15) is 11.5 Å². The standard InChI is InChI=1S/C18H17NO5/c1-21-14-6-5-13(16(10-14)22-2)9-18(20)24-15-7-4-12(11-19)8-17(15)23-3/h4-8,10H,9H2,1-3H3. The quantitative estimate of drug-likeness (QED) is 0.600. The molecule has 6 nitrogen and oxygen atoms in total. The lowest BCUT2D eigenvalue weighted by molar-refractivity contribution is -0.133. The van der Waals surface area contributed by atoms with Crippen LogP contribution in [-0.4, -0.2) is 27.3 Å². The molecule has 0 aliphatic heterocycles. The lowest BCUT2D eigenvalue weighted by atomic mass is 10.1. The smallest absolute Gasteiger partial charge is 0.315 e. The molecule has 0 aliphatic carbocycles. The molecule has 0 bridgehead atoms. The number of methoxy groups -OCH3 is 3. The van der Waals surface area contributed by atoms with E-state index >= 15 is 0 Å². The number of esters is 1. The Morgan fingerprint density at radius 3 is 2.33 bits per heavy atom. The minimum Gasteiger partial charge on any atom is -0.497 e. The second-order valence-electron chi connectivity index (χ2n) is 4.81. The monoisotopic (exact) mass is 327 g/mol. The van der Waals surface area contributed by atoms with E-state index in [2.05, 4.69) is 0 Å². The van der Waals surface area contributed by atoms with Crippen LogP contribution in [0.3, 0.4) is 0 Å². The molecular weight excluding hydrogens is 310 g/mol. The van der Waals surface area contributed by atoms with Gasteiger partial charge in [0.05, 0.1) is 39.4 Å². The van der Waals surface area contributed by atoms with Crippen LogP contribution in [-0.2, 0) is 11.2 Å². The summed E-state index contributed by atoms with van der Waals surface area (Å²) in [7, 11) is 4.52. The lowest BCUT2D eigenvalue weighted by Crippen LogP contribution is -2.12. The molecule has 0 saturated carbocycles. The summed E-state index contributed by atoms with van der Waals surface area (Å²) >= 11 is 0. The van der Waals surface area contributed by atoms with Crippen LogP contribution < -0.4 is 18.9 Å². The molecule has 6 heteroatoms. The van der Waals surface area contributed by atoms with E-state index in [-0.39, 0.29) is 12.2 Å². The number of ether oxygens (including phenoxy) is 4. The van der Waals surface area contributed by atoms with E-state index in [0.717, 1.165) is 0 Å². The normalized spacial score (nSPS) is 9.75. The summed E-state index contributed by atoms with van der Waals surface area (Å²) in [5.41, 5.74) is 1.10. The van der Waals surface area contributed by atoms with E-state index in [1.807, 2.05) is 6.07 Å². The predicted molar refractivity (Wildman–Crippen MR) is 86.6 cm³/mol. The Labute approximate surface area is 140 Å². The molecule has 0 amide bonds. The zero-order valence-electron chi connectivity index (χ0n) is 13.7. The summed E-state index contributed by atoms with van der Waals surface area (Å²) in [5.74, 6) is 1.29. The summed E-state index contributed by atoms with van der Waals surface area (Å²) in [4.78, 5) is 12.2. The first-order valence-electron chi connectivity index (χ1n) is 7.11. The van der Waals surface area contributed by atoms with Gasteiger partial charge < -0.3 is 18.9 Å². The summed E-state index contributed by atoms with van der Waals surface area (Å²) in [6, 6.07) is 11.8. The van der Waals surface area contributed by atoms with Gasteiger partial charge in [-0.05, 0) is 18.2 Å². The number of rotatable bonds is 6. The molecule has 2 rings (SSSR count). The molecule has 0 heterocycles. The van der Waals surface area contributed by atoms with E-state index in [1.54, 1.807) is 31.4 Å². The maximum atomic E-state index is 12.2. The van der Waals surface area contributed by atoms with Crippen molar-refractivity contribution >= 4 is 5.97 Å². The molecule has 0 N–H and O–H groups in total. The number of carbonyl (C=O) groups is 1. The van der Waals surface area contributed by atoms with Crippen LogP contribution in [0, 0.1) is 11.3 Å². The molecule has 2 aromatic carbocycles. The summed E-state index contributed by atoms with van der Waals surface area (Å²) in [5, 5.41) is 8.89. The molecule has 0 aromatic heterocycles. The minimum absolute atomic E-state index is 0.0241. The van der Waals surface area contributed by atoms with Crippen molar-refractivity contribution in [3.63, 3.8) is 0 Å². The van der Waals surface area contributed by atoms with Gasteiger partial charge in [0.15, 0.2) is 11.5 Å². The molecule has 0 saturated heterocycles. The number of hydrogen-bond acceptors (Lipinski definition) is 6. The lowest BCUT2D eigenvalue weighted by Gasteiger charge is -2.12. The van der Waals surface area contributed by atoms with Crippen LogP contribution in [0.4, 0.5) is 0 Å². The highest BCUT2D eigenvalue weighted by atomic mass is 16.6. The van der Waals surface area contributed by atoms with Gasteiger partial charge in [-0.1, -0.05) is 6.07 Å². The fourth-order valence-corrected chi connectivity index (χ4v) is 2.13. The first-order valence-corrected chi connectivity index (χ1v) is 7.11. The average Bonchev–Trinajstić information content (AvgIpc) is 2.62. The van der Waals surface area contributed by atoms with E-state index in [1.165, 1.54) is 26.4 Å². The number of carbonyl (C=O) groups excluding carboxylic acids is 1. The maximum Gasteiger partial charge on any atom is 0.315 e. The van der Waals surface area contributed by atoms with Crippen molar-refractivity contribution in [3.8, 4) is 29.1 Å². The van der Waals surface area contributed by atoms with Crippen molar-refractivity contribution < 1.29 is 23.7 Å². The topological polar surface area (TPSA) is 77.8 Å². The first-order chi connectivity index (χ1) is 11.6.